The van der Waals surface area contributed by atoms with Crippen molar-refractivity contribution >= 4 is 119 Å². The van der Waals surface area contributed by atoms with Crippen LogP contribution in [-0.2, 0) is 0 Å². The van der Waals surface area contributed by atoms with Gasteiger partial charge in [-0.15, -0.1) is 0 Å². The van der Waals surface area contributed by atoms with Gasteiger partial charge in [-0.2, -0.15) is 0 Å². The normalized spacial score (nSPS) is 12.3. The quantitative estimate of drug-likeness (QED) is 0.161. The summed E-state index contributed by atoms with van der Waals surface area (Å²) in [4.78, 5) is 0. The molecule has 17 aromatic rings. The van der Waals surface area contributed by atoms with Crippen LogP contribution < -0.4 is 0 Å². The topological polar surface area (TPSA) is 26.3 Å². The number of hydrogen-bond acceptors (Lipinski definition) is 2. The zero-order valence-electron chi connectivity index (χ0n) is 39.9. The van der Waals surface area contributed by atoms with Crippen molar-refractivity contribution in [3.63, 3.8) is 0 Å². The molecular formula is C72H40O2. The second-order valence-corrected chi connectivity index (χ2v) is 20.3. The molecule has 2 heteroatoms. The molecular weight excluding hydrogens is 897 g/mol. The van der Waals surface area contributed by atoms with Crippen molar-refractivity contribution in [3.05, 3.63) is 243 Å². The zero-order chi connectivity index (χ0) is 48.2. The van der Waals surface area contributed by atoms with Gasteiger partial charge in [0.15, 0.2) is 0 Å². The molecule has 0 unspecified atom stereocenters. The molecule has 0 aliphatic heterocycles. The van der Waals surface area contributed by atoms with Crippen molar-refractivity contribution in [2.24, 2.45) is 0 Å². The molecule has 17 rings (SSSR count). The van der Waals surface area contributed by atoms with E-state index in [1.54, 1.807) is 0 Å². The number of para-hydroxylation sites is 2. The molecule has 0 spiro atoms. The highest BCUT2D eigenvalue weighted by Gasteiger charge is 2.23. The van der Waals surface area contributed by atoms with Crippen LogP contribution in [0.15, 0.2) is 251 Å². The van der Waals surface area contributed by atoms with Gasteiger partial charge in [0.2, 0.25) is 0 Å². The average Bonchev–Trinajstić information content (AvgIpc) is 4.05. The van der Waals surface area contributed by atoms with Crippen molar-refractivity contribution in [2.45, 2.75) is 0 Å². The lowest BCUT2D eigenvalue weighted by atomic mass is 9.86. The van der Waals surface area contributed by atoms with E-state index in [1.807, 2.05) is 0 Å². The molecule has 0 aliphatic rings. The van der Waals surface area contributed by atoms with Gasteiger partial charge >= 0.3 is 0 Å². The molecule has 0 atom stereocenters. The third kappa shape index (κ3) is 5.65. The Bertz CT molecular complexity index is 4880. The maximum Gasteiger partial charge on any atom is 0.143 e. The van der Waals surface area contributed by atoms with Gasteiger partial charge in [0.25, 0.3) is 0 Å². The molecule has 0 radical (unpaired) electrons. The minimum Gasteiger partial charge on any atom is -0.455 e. The van der Waals surface area contributed by atoms with E-state index in [4.69, 9.17) is 8.83 Å². The lowest BCUT2D eigenvalue weighted by Crippen LogP contribution is -1.91. The van der Waals surface area contributed by atoms with Crippen LogP contribution in [-0.4, -0.2) is 0 Å². The average molecular weight is 937 g/mol. The molecule has 0 aliphatic carbocycles. The fourth-order valence-electron chi connectivity index (χ4n) is 12.9. The van der Waals surface area contributed by atoms with E-state index in [-0.39, 0.29) is 0 Å². The fourth-order valence-corrected chi connectivity index (χ4v) is 12.9. The van der Waals surface area contributed by atoms with Crippen molar-refractivity contribution in [1.29, 1.82) is 0 Å². The predicted molar refractivity (Wildman–Crippen MR) is 313 cm³/mol. The largest absolute Gasteiger partial charge is 0.455 e. The summed E-state index contributed by atoms with van der Waals surface area (Å²) in [6, 6.07) is 89.7. The Morgan fingerprint density at radius 1 is 0.189 bits per heavy atom. The third-order valence-electron chi connectivity index (χ3n) is 16.3. The van der Waals surface area contributed by atoms with Gasteiger partial charge in [-0.25, -0.2) is 0 Å². The van der Waals surface area contributed by atoms with Crippen LogP contribution in [0, 0.1) is 0 Å². The van der Waals surface area contributed by atoms with Crippen LogP contribution in [0.2, 0.25) is 0 Å². The smallest absolute Gasteiger partial charge is 0.143 e. The monoisotopic (exact) mass is 936 g/mol. The second-order valence-electron chi connectivity index (χ2n) is 20.3. The standard InChI is InChI=1S/C72H40O2/c1-2-16-53-41(10-1)11-9-19-54(53)52-35-48(50-37-61(71-63(39-50)57-17-3-5-20-65(57)73-71)55-30-26-46-24-22-42-12-7-14-44-28-32-59(55)69(46)67(42)44)34-49(36-52)51-38-62(72-64(40-51)58-18-4-6-21-66(58)74-72)56-31-27-47-25-23-43-13-8-15-45-29-33-60(56)70(47)68(43)45/h1-40H. The van der Waals surface area contributed by atoms with Crippen molar-refractivity contribution in [3.8, 4) is 55.6 Å². The Kier molecular flexibility index (Phi) is 8.03. The first-order valence-electron chi connectivity index (χ1n) is 25.5. The first-order valence-corrected chi connectivity index (χ1v) is 25.5. The molecule has 15 aromatic carbocycles. The van der Waals surface area contributed by atoms with Crippen LogP contribution in [0.1, 0.15) is 0 Å². The van der Waals surface area contributed by atoms with Crippen LogP contribution in [0.25, 0.3) is 175 Å². The summed E-state index contributed by atoms with van der Waals surface area (Å²) in [7, 11) is 0. The van der Waals surface area contributed by atoms with E-state index in [1.165, 1.54) is 81.0 Å². The predicted octanol–water partition coefficient (Wildman–Crippen LogP) is 20.8. The van der Waals surface area contributed by atoms with Gasteiger partial charge in [-0.1, -0.05) is 188 Å². The molecule has 74 heavy (non-hydrogen) atoms. The minimum atomic E-state index is 0.878. The number of fused-ring (bicyclic) bond motifs is 7. The number of hydrogen-bond donors (Lipinski definition) is 0. The summed E-state index contributed by atoms with van der Waals surface area (Å²) in [6.45, 7) is 0. The van der Waals surface area contributed by atoms with E-state index in [0.717, 1.165) is 93.9 Å². The van der Waals surface area contributed by atoms with Crippen LogP contribution >= 0.6 is 0 Å². The fraction of sp³-hybridized carbons (Fsp3) is 0. The Morgan fingerprint density at radius 3 is 1.09 bits per heavy atom. The summed E-state index contributed by atoms with van der Waals surface area (Å²) in [5, 5.41) is 21.9. The van der Waals surface area contributed by atoms with Crippen molar-refractivity contribution in [2.75, 3.05) is 0 Å². The molecule has 0 N–H and O–H groups in total. The molecule has 340 valence electrons. The number of rotatable bonds is 5. The van der Waals surface area contributed by atoms with E-state index in [9.17, 15) is 0 Å². The Balaban J connectivity index is 0.961. The minimum absolute atomic E-state index is 0.878. The summed E-state index contributed by atoms with van der Waals surface area (Å²) in [6.07, 6.45) is 0. The molecule has 0 saturated carbocycles. The number of benzene rings is 15. The Hall–Kier alpha value is -9.76. The van der Waals surface area contributed by atoms with Gasteiger partial charge in [0.1, 0.15) is 22.3 Å². The van der Waals surface area contributed by atoms with E-state index in [2.05, 4.69) is 243 Å². The van der Waals surface area contributed by atoms with Crippen LogP contribution in [0.5, 0.6) is 0 Å². The van der Waals surface area contributed by atoms with Crippen molar-refractivity contribution < 1.29 is 8.83 Å². The Morgan fingerprint density at radius 2 is 0.568 bits per heavy atom. The zero-order valence-corrected chi connectivity index (χ0v) is 39.9. The van der Waals surface area contributed by atoms with Gasteiger partial charge in [-0.05, 0) is 175 Å². The highest BCUT2D eigenvalue weighted by atomic mass is 16.3. The highest BCUT2D eigenvalue weighted by molar-refractivity contribution is 6.28. The maximum atomic E-state index is 6.94. The van der Waals surface area contributed by atoms with Gasteiger partial charge in [-0.3, -0.25) is 0 Å². The molecule has 2 heterocycles. The molecule has 0 fully saturated rings. The lowest BCUT2D eigenvalue weighted by Gasteiger charge is -2.17. The van der Waals surface area contributed by atoms with Crippen LogP contribution in [0.4, 0.5) is 0 Å². The summed E-state index contributed by atoms with van der Waals surface area (Å²) in [5.74, 6) is 0. The molecule has 2 nitrogen and oxygen atoms in total. The van der Waals surface area contributed by atoms with Gasteiger partial charge in [0.05, 0.1) is 0 Å². The second kappa shape index (κ2) is 14.9. The first-order chi connectivity index (χ1) is 36.6. The SMILES string of the molecule is c1ccc2c(-c3cc(-c4cc(-c5ccc6ccc7cccc8ccc5c6c78)c5oc6ccccc6c5c4)cc(-c4cc(-c5ccc6ccc7cccc8ccc5c6c78)c5oc6ccccc6c5c4)c3)cccc2c1. The lowest BCUT2D eigenvalue weighted by molar-refractivity contribution is 0.669. The third-order valence-corrected chi connectivity index (χ3v) is 16.3. The van der Waals surface area contributed by atoms with E-state index >= 15 is 0 Å². The van der Waals surface area contributed by atoms with Crippen LogP contribution in [0.3, 0.4) is 0 Å². The highest BCUT2D eigenvalue weighted by Crippen LogP contribution is 2.48. The molecule has 2 aromatic heterocycles. The Labute approximate surface area is 424 Å². The molecule has 0 amide bonds. The van der Waals surface area contributed by atoms with Gasteiger partial charge < -0.3 is 8.83 Å². The van der Waals surface area contributed by atoms with Gasteiger partial charge in [0, 0.05) is 32.7 Å². The van der Waals surface area contributed by atoms with E-state index < -0.39 is 0 Å². The summed E-state index contributed by atoms with van der Waals surface area (Å²) >= 11 is 0. The maximum absolute atomic E-state index is 6.94. The van der Waals surface area contributed by atoms with E-state index in [0.29, 0.717) is 0 Å². The summed E-state index contributed by atoms with van der Waals surface area (Å²) in [5.41, 5.74) is 14.8. The molecule has 0 bridgehead atoms. The number of furan rings is 2. The first kappa shape index (κ1) is 39.9. The van der Waals surface area contributed by atoms with Crippen molar-refractivity contribution in [1.82, 2.24) is 0 Å². The molecule has 0 saturated heterocycles. The summed E-state index contributed by atoms with van der Waals surface area (Å²) < 4.78 is 13.9.